The quantitative estimate of drug-likeness (QED) is 0.611. The maximum absolute atomic E-state index is 12.4. The number of hydrogen-bond acceptors (Lipinski definition) is 5. The van der Waals surface area contributed by atoms with Crippen LogP contribution in [0.4, 0.5) is 0 Å². The average molecular weight is 292 g/mol. The highest BCUT2D eigenvalue weighted by Crippen LogP contribution is 2.31. The number of rotatable bonds is 7. The Morgan fingerprint density at radius 2 is 2.00 bits per heavy atom. The molecule has 116 valence electrons. The van der Waals surface area contributed by atoms with Crippen molar-refractivity contribution in [3.63, 3.8) is 0 Å². The van der Waals surface area contributed by atoms with Gasteiger partial charge < -0.3 is 19.7 Å². The van der Waals surface area contributed by atoms with Crippen molar-refractivity contribution in [2.45, 2.75) is 19.4 Å². The summed E-state index contributed by atoms with van der Waals surface area (Å²) in [4.78, 5) is 14.5. The van der Waals surface area contributed by atoms with Gasteiger partial charge in [-0.3, -0.25) is 4.79 Å². The minimum atomic E-state index is -0.199. The Kier molecular flexibility index (Phi) is 5.59. The standard InChI is InChI=1S/C16H24N2O3/c1-12(17-7-4-8-18(2)3)16(19)13-5-6-14-15(11-13)21-10-9-20-14/h5-6,11-12,17H,4,7-10H2,1-3H3. The summed E-state index contributed by atoms with van der Waals surface area (Å²) in [6, 6.07) is 5.18. The first-order valence-electron chi connectivity index (χ1n) is 7.40. The van der Waals surface area contributed by atoms with Gasteiger partial charge in [-0.2, -0.15) is 0 Å². The lowest BCUT2D eigenvalue weighted by molar-refractivity contribution is 0.0949. The molecule has 0 saturated heterocycles. The molecule has 0 bridgehead atoms. The monoisotopic (exact) mass is 292 g/mol. The zero-order valence-corrected chi connectivity index (χ0v) is 13.0. The number of Topliss-reactive ketones (excluding diaryl/α,β-unsaturated/α-hetero) is 1. The predicted octanol–water partition coefficient (Wildman–Crippen LogP) is 1.57. The van der Waals surface area contributed by atoms with E-state index in [1.54, 1.807) is 18.2 Å². The molecule has 1 unspecified atom stereocenters. The van der Waals surface area contributed by atoms with E-state index in [-0.39, 0.29) is 11.8 Å². The van der Waals surface area contributed by atoms with E-state index >= 15 is 0 Å². The number of ether oxygens (including phenoxy) is 2. The van der Waals surface area contributed by atoms with Crippen molar-refractivity contribution in [1.82, 2.24) is 10.2 Å². The Morgan fingerprint density at radius 3 is 2.71 bits per heavy atom. The molecule has 0 saturated carbocycles. The fourth-order valence-electron chi connectivity index (χ4n) is 2.25. The number of benzene rings is 1. The fourth-order valence-corrected chi connectivity index (χ4v) is 2.25. The van der Waals surface area contributed by atoms with E-state index in [1.807, 2.05) is 21.0 Å². The molecule has 1 aromatic rings. The van der Waals surface area contributed by atoms with Crippen molar-refractivity contribution in [2.75, 3.05) is 40.4 Å². The molecule has 2 rings (SSSR count). The maximum atomic E-state index is 12.4. The summed E-state index contributed by atoms with van der Waals surface area (Å²) < 4.78 is 11.0. The van der Waals surface area contributed by atoms with E-state index in [9.17, 15) is 4.79 Å². The van der Waals surface area contributed by atoms with Crippen molar-refractivity contribution in [2.24, 2.45) is 0 Å². The van der Waals surface area contributed by atoms with Crippen LogP contribution in [0.1, 0.15) is 23.7 Å². The number of hydrogen-bond donors (Lipinski definition) is 1. The van der Waals surface area contributed by atoms with Crippen LogP contribution in [-0.4, -0.2) is 57.1 Å². The highest BCUT2D eigenvalue weighted by Gasteiger charge is 2.18. The van der Waals surface area contributed by atoms with Crippen molar-refractivity contribution in [3.8, 4) is 11.5 Å². The lowest BCUT2D eigenvalue weighted by Crippen LogP contribution is -2.35. The van der Waals surface area contributed by atoms with E-state index in [1.165, 1.54) is 0 Å². The summed E-state index contributed by atoms with van der Waals surface area (Å²) in [5.74, 6) is 1.45. The highest BCUT2D eigenvalue weighted by atomic mass is 16.6. The summed E-state index contributed by atoms with van der Waals surface area (Å²) in [6.45, 7) is 4.83. The van der Waals surface area contributed by atoms with Crippen LogP contribution in [0.5, 0.6) is 11.5 Å². The Morgan fingerprint density at radius 1 is 1.29 bits per heavy atom. The Hall–Kier alpha value is -1.59. The molecule has 1 atom stereocenters. The first-order chi connectivity index (χ1) is 10.1. The minimum absolute atomic E-state index is 0.0804. The number of fused-ring (bicyclic) bond motifs is 1. The summed E-state index contributed by atoms with van der Waals surface area (Å²) in [7, 11) is 4.09. The van der Waals surface area contributed by atoms with Crippen LogP contribution in [0.25, 0.3) is 0 Å². The SMILES string of the molecule is CC(NCCCN(C)C)C(=O)c1ccc2c(c1)OCCO2. The third-order valence-electron chi connectivity index (χ3n) is 3.45. The van der Waals surface area contributed by atoms with Crippen molar-refractivity contribution < 1.29 is 14.3 Å². The lowest BCUT2D eigenvalue weighted by atomic mass is 10.0. The summed E-state index contributed by atoms with van der Waals surface area (Å²) in [5, 5.41) is 3.27. The van der Waals surface area contributed by atoms with Gasteiger partial charge in [0, 0.05) is 5.56 Å². The first-order valence-corrected chi connectivity index (χ1v) is 7.40. The molecular weight excluding hydrogens is 268 g/mol. The van der Waals surface area contributed by atoms with E-state index < -0.39 is 0 Å². The van der Waals surface area contributed by atoms with Crippen LogP contribution in [0, 0.1) is 0 Å². The van der Waals surface area contributed by atoms with Crippen molar-refractivity contribution in [1.29, 1.82) is 0 Å². The lowest BCUT2D eigenvalue weighted by Gasteiger charge is -2.19. The molecule has 1 aliphatic heterocycles. The van der Waals surface area contributed by atoms with Gasteiger partial charge in [0.05, 0.1) is 6.04 Å². The summed E-state index contributed by atoms with van der Waals surface area (Å²) >= 11 is 0. The second-order valence-electron chi connectivity index (χ2n) is 5.56. The van der Waals surface area contributed by atoms with Gasteiger partial charge in [-0.15, -0.1) is 0 Å². The largest absolute Gasteiger partial charge is 0.486 e. The molecular formula is C16H24N2O3. The van der Waals surface area contributed by atoms with Gasteiger partial charge in [0.15, 0.2) is 17.3 Å². The molecule has 0 radical (unpaired) electrons. The second-order valence-corrected chi connectivity index (χ2v) is 5.56. The van der Waals surface area contributed by atoms with Gasteiger partial charge in [-0.1, -0.05) is 0 Å². The first kappa shape index (κ1) is 15.8. The second kappa shape index (κ2) is 7.43. The molecule has 5 nitrogen and oxygen atoms in total. The highest BCUT2D eigenvalue weighted by molar-refractivity contribution is 6.00. The molecule has 0 spiro atoms. The van der Waals surface area contributed by atoms with E-state index in [2.05, 4.69) is 10.2 Å². The molecule has 0 aromatic heterocycles. The molecule has 0 fully saturated rings. The van der Waals surface area contributed by atoms with E-state index in [0.29, 0.717) is 30.3 Å². The van der Waals surface area contributed by atoms with Gasteiger partial charge >= 0.3 is 0 Å². The van der Waals surface area contributed by atoms with Gasteiger partial charge in [-0.05, 0) is 58.7 Å². The van der Waals surface area contributed by atoms with E-state index in [0.717, 1.165) is 19.5 Å². The summed E-state index contributed by atoms with van der Waals surface area (Å²) in [5.41, 5.74) is 0.659. The van der Waals surface area contributed by atoms with Crippen molar-refractivity contribution in [3.05, 3.63) is 23.8 Å². The Bertz CT molecular complexity index is 488. The Balaban J connectivity index is 1.90. The zero-order valence-electron chi connectivity index (χ0n) is 13.0. The molecule has 1 aromatic carbocycles. The van der Waals surface area contributed by atoms with Gasteiger partial charge in [0.1, 0.15) is 13.2 Å². The van der Waals surface area contributed by atoms with Crippen LogP contribution < -0.4 is 14.8 Å². The molecule has 1 N–H and O–H groups in total. The molecule has 0 aliphatic carbocycles. The number of carbonyl (C=O) groups excluding carboxylic acids is 1. The molecule has 0 amide bonds. The topological polar surface area (TPSA) is 50.8 Å². The fraction of sp³-hybridized carbons (Fsp3) is 0.562. The van der Waals surface area contributed by atoms with Gasteiger partial charge in [0.2, 0.25) is 0 Å². The van der Waals surface area contributed by atoms with Crippen LogP contribution in [0.2, 0.25) is 0 Å². The number of nitrogens with zero attached hydrogens (tertiary/aromatic N) is 1. The molecule has 1 heterocycles. The maximum Gasteiger partial charge on any atom is 0.179 e. The van der Waals surface area contributed by atoms with Crippen LogP contribution in [-0.2, 0) is 0 Å². The third kappa shape index (κ3) is 4.44. The third-order valence-corrected chi connectivity index (χ3v) is 3.45. The van der Waals surface area contributed by atoms with Crippen LogP contribution in [0.3, 0.4) is 0 Å². The molecule has 1 aliphatic rings. The van der Waals surface area contributed by atoms with Crippen molar-refractivity contribution >= 4 is 5.78 Å². The normalized spacial score (nSPS) is 15.0. The average Bonchev–Trinajstić information content (AvgIpc) is 2.50. The van der Waals surface area contributed by atoms with Gasteiger partial charge in [0.25, 0.3) is 0 Å². The summed E-state index contributed by atoms with van der Waals surface area (Å²) in [6.07, 6.45) is 1.02. The van der Waals surface area contributed by atoms with Crippen LogP contribution in [0.15, 0.2) is 18.2 Å². The van der Waals surface area contributed by atoms with Gasteiger partial charge in [-0.25, -0.2) is 0 Å². The Labute approximate surface area is 126 Å². The number of ketones is 1. The smallest absolute Gasteiger partial charge is 0.179 e. The number of nitrogens with one attached hydrogen (secondary N) is 1. The molecule has 21 heavy (non-hydrogen) atoms. The predicted molar refractivity (Wildman–Crippen MR) is 82.4 cm³/mol. The number of carbonyl (C=O) groups is 1. The minimum Gasteiger partial charge on any atom is -0.486 e. The molecule has 5 heteroatoms. The van der Waals surface area contributed by atoms with E-state index in [4.69, 9.17) is 9.47 Å². The van der Waals surface area contributed by atoms with Crippen LogP contribution >= 0.6 is 0 Å². The zero-order chi connectivity index (χ0) is 15.2.